The van der Waals surface area contributed by atoms with Crippen LogP contribution in [0.5, 0.6) is 11.5 Å². The van der Waals surface area contributed by atoms with Gasteiger partial charge in [0.25, 0.3) is 11.8 Å². The lowest BCUT2D eigenvalue weighted by Gasteiger charge is -2.27. The van der Waals surface area contributed by atoms with Crippen LogP contribution in [-0.2, 0) is 16.2 Å². The summed E-state index contributed by atoms with van der Waals surface area (Å²) in [5.74, 6) is -0.347. The topological polar surface area (TPSA) is 84.9 Å². The number of rotatable bonds is 7. The molecule has 8 heteroatoms. The summed E-state index contributed by atoms with van der Waals surface area (Å²) in [6.07, 6.45) is 1.47. The molecule has 0 spiro atoms. The normalized spacial score (nSPS) is 14.6. The van der Waals surface area contributed by atoms with Gasteiger partial charge in [0, 0.05) is 0 Å². The highest BCUT2D eigenvalue weighted by Gasteiger charge is 2.37. The van der Waals surface area contributed by atoms with Crippen LogP contribution in [0.25, 0.3) is 6.08 Å². The number of nitrogens with one attached hydrogen (secondary N) is 1. The molecule has 1 heterocycles. The van der Waals surface area contributed by atoms with Crippen LogP contribution >= 0.6 is 22.6 Å². The van der Waals surface area contributed by atoms with Crippen LogP contribution in [0.4, 0.5) is 10.5 Å². The molecule has 0 aromatic heterocycles. The standard InChI is InChI=1S/C30H29IN2O5/c1-6-37-26-15-21(14-24(31)27(26)38-16-22-11-18(3)9-19(4)12-22)13-23-28(34)32-30(36)33(29(23)35)25-8-7-17(2)10-20(25)5/h7-15H,6,16H2,1-5H3,(H,32,34,36)/b23-13+. The van der Waals surface area contributed by atoms with Crippen LogP contribution < -0.4 is 19.7 Å². The fourth-order valence-electron chi connectivity index (χ4n) is 4.48. The second kappa shape index (κ2) is 11.4. The Bertz CT molecular complexity index is 1460. The van der Waals surface area contributed by atoms with Crippen molar-refractivity contribution < 1.29 is 23.9 Å². The number of nitrogens with zero attached hydrogens (tertiary/aromatic N) is 1. The zero-order valence-corrected chi connectivity index (χ0v) is 24.1. The molecular weight excluding hydrogens is 595 g/mol. The summed E-state index contributed by atoms with van der Waals surface area (Å²) in [5.41, 5.74) is 5.98. The van der Waals surface area contributed by atoms with E-state index in [4.69, 9.17) is 9.47 Å². The third kappa shape index (κ3) is 5.91. The largest absolute Gasteiger partial charge is 0.490 e. The molecule has 4 amide bonds. The molecule has 1 aliphatic heterocycles. The number of amides is 4. The molecule has 1 N–H and O–H groups in total. The number of halogens is 1. The zero-order valence-electron chi connectivity index (χ0n) is 22.0. The van der Waals surface area contributed by atoms with Crippen molar-refractivity contribution in [1.29, 1.82) is 0 Å². The summed E-state index contributed by atoms with van der Waals surface area (Å²) in [6, 6.07) is 14.4. The first-order chi connectivity index (χ1) is 18.1. The number of hydrogen-bond donors (Lipinski definition) is 1. The Labute approximate surface area is 236 Å². The average Bonchev–Trinajstić information content (AvgIpc) is 2.82. The lowest BCUT2D eigenvalue weighted by molar-refractivity contribution is -0.122. The first kappa shape index (κ1) is 27.4. The number of aryl methyl sites for hydroxylation is 4. The maximum absolute atomic E-state index is 13.4. The Morgan fingerprint density at radius 3 is 2.26 bits per heavy atom. The minimum Gasteiger partial charge on any atom is -0.490 e. The van der Waals surface area contributed by atoms with E-state index in [2.05, 4.69) is 46.1 Å². The molecule has 1 fully saturated rings. The molecule has 3 aromatic carbocycles. The molecule has 0 aliphatic carbocycles. The summed E-state index contributed by atoms with van der Waals surface area (Å²) in [4.78, 5) is 39.7. The molecule has 4 rings (SSSR count). The minimum absolute atomic E-state index is 0.147. The summed E-state index contributed by atoms with van der Waals surface area (Å²) < 4.78 is 12.8. The Morgan fingerprint density at radius 2 is 1.61 bits per heavy atom. The minimum atomic E-state index is -0.774. The monoisotopic (exact) mass is 624 g/mol. The van der Waals surface area contributed by atoms with Crippen molar-refractivity contribution in [2.45, 2.75) is 41.2 Å². The van der Waals surface area contributed by atoms with Gasteiger partial charge in [-0.1, -0.05) is 47.0 Å². The van der Waals surface area contributed by atoms with Gasteiger partial charge < -0.3 is 9.47 Å². The van der Waals surface area contributed by atoms with E-state index in [0.29, 0.717) is 36.0 Å². The molecule has 7 nitrogen and oxygen atoms in total. The van der Waals surface area contributed by atoms with Crippen molar-refractivity contribution in [2.75, 3.05) is 11.5 Å². The van der Waals surface area contributed by atoms with E-state index >= 15 is 0 Å². The summed E-state index contributed by atoms with van der Waals surface area (Å²) >= 11 is 2.15. The van der Waals surface area contributed by atoms with Crippen molar-refractivity contribution in [3.8, 4) is 11.5 Å². The van der Waals surface area contributed by atoms with Gasteiger partial charge in [0.15, 0.2) is 11.5 Å². The summed E-state index contributed by atoms with van der Waals surface area (Å²) in [7, 11) is 0. The van der Waals surface area contributed by atoms with Gasteiger partial charge in [0.05, 0.1) is 15.9 Å². The predicted molar refractivity (Wildman–Crippen MR) is 155 cm³/mol. The molecule has 0 unspecified atom stereocenters. The van der Waals surface area contributed by atoms with E-state index in [9.17, 15) is 14.4 Å². The third-order valence-corrected chi connectivity index (χ3v) is 6.80. The van der Waals surface area contributed by atoms with E-state index in [-0.39, 0.29) is 5.57 Å². The van der Waals surface area contributed by atoms with Crippen LogP contribution in [0, 0.1) is 31.3 Å². The van der Waals surface area contributed by atoms with Crippen LogP contribution in [0.3, 0.4) is 0 Å². The molecule has 0 saturated carbocycles. The molecule has 196 valence electrons. The van der Waals surface area contributed by atoms with E-state index < -0.39 is 17.8 Å². The zero-order chi connectivity index (χ0) is 27.6. The van der Waals surface area contributed by atoms with Gasteiger partial charge in [-0.3, -0.25) is 14.9 Å². The first-order valence-electron chi connectivity index (χ1n) is 12.2. The number of hydrogen-bond acceptors (Lipinski definition) is 5. The van der Waals surface area contributed by atoms with Gasteiger partial charge >= 0.3 is 6.03 Å². The van der Waals surface area contributed by atoms with E-state index in [1.54, 1.807) is 12.1 Å². The van der Waals surface area contributed by atoms with E-state index in [1.165, 1.54) is 6.08 Å². The van der Waals surface area contributed by atoms with Crippen molar-refractivity contribution in [2.24, 2.45) is 0 Å². The number of carbonyl (C=O) groups is 3. The van der Waals surface area contributed by atoms with Crippen LogP contribution in [0.2, 0.25) is 0 Å². The van der Waals surface area contributed by atoms with Gasteiger partial charge in [-0.15, -0.1) is 0 Å². The van der Waals surface area contributed by atoms with Crippen molar-refractivity contribution in [3.05, 3.63) is 91.1 Å². The lowest BCUT2D eigenvalue weighted by atomic mass is 10.0. The van der Waals surface area contributed by atoms with Gasteiger partial charge in [0.1, 0.15) is 12.2 Å². The number of barbiturate groups is 1. The highest BCUT2D eigenvalue weighted by molar-refractivity contribution is 14.1. The van der Waals surface area contributed by atoms with Crippen LogP contribution in [0.1, 0.15) is 40.3 Å². The number of benzene rings is 3. The average molecular weight is 624 g/mol. The summed E-state index contributed by atoms with van der Waals surface area (Å²) in [5, 5.41) is 2.28. The molecule has 1 aliphatic rings. The van der Waals surface area contributed by atoms with E-state index in [0.717, 1.165) is 36.3 Å². The lowest BCUT2D eigenvalue weighted by Crippen LogP contribution is -2.54. The molecule has 1 saturated heterocycles. The quantitative estimate of drug-likeness (QED) is 0.193. The van der Waals surface area contributed by atoms with Crippen molar-refractivity contribution in [1.82, 2.24) is 5.32 Å². The molecule has 3 aromatic rings. The molecule has 0 radical (unpaired) electrons. The molecule has 0 atom stereocenters. The molecule has 38 heavy (non-hydrogen) atoms. The number of anilines is 1. The highest BCUT2D eigenvalue weighted by atomic mass is 127. The highest BCUT2D eigenvalue weighted by Crippen LogP contribution is 2.36. The van der Waals surface area contributed by atoms with Gasteiger partial charge in [-0.2, -0.15) is 0 Å². The maximum atomic E-state index is 13.4. The Balaban J connectivity index is 1.67. The Hall–Kier alpha value is -3.66. The van der Waals surface area contributed by atoms with Gasteiger partial charge in [-0.05, 0) is 98.2 Å². The second-order valence-corrected chi connectivity index (χ2v) is 10.5. The number of urea groups is 1. The maximum Gasteiger partial charge on any atom is 0.335 e. The van der Waals surface area contributed by atoms with Crippen LogP contribution in [0.15, 0.2) is 54.1 Å². The number of carbonyl (C=O) groups excluding carboxylic acids is 3. The number of ether oxygens (including phenoxy) is 2. The summed E-state index contributed by atoms with van der Waals surface area (Å²) in [6.45, 7) is 10.5. The fraction of sp³-hybridized carbons (Fsp3) is 0.233. The second-order valence-electron chi connectivity index (χ2n) is 9.30. The Morgan fingerprint density at radius 1 is 0.895 bits per heavy atom. The predicted octanol–water partition coefficient (Wildman–Crippen LogP) is 6.17. The SMILES string of the molecule is CCOc1cc(/C=C2\C(=O)NC(=O)N(c3ccc(C)cc3C)C2=O)cc(I)c1OCc1cc(C)cc(C)c1. The van der Waals surface area contributed by atoms with Crippen LogP contribution in [-0.4, -0.2) is 24.5 Å². The molecule has 0 bridgehead atoms. The number of imide groups is 2. The smallest absolute Gasteiger partial charge is 0.335 e. The fourth-order valence-corrected chi connectivity index (χ4v) is 5.26. The van der Waals surface area contributed by atoms with Gasteiger partial charge in [-0.25, -0.2) is 9.69 Å². The Kier molecular flexibility index (Phi) is 8.20. The van der Waals surface area contributed by atoms with E-state index in [1.807, 2.05) is 52.8 Å². The third-order valence-electron chi connectivity index (χ3n) is 6.00. The van der Waals surface area contributed by atoms with Crippen molar-refractivity contribution in [3.63, 3.8) is 0 Å². The van der Waals surface area contributed by atoms with Crippen molar-refractivity contribution >= 4 is 52.2 Å². The molecular formula is C30H29IN2O5. The van der Waals surface area contributed by atoms with Gasteiger partial charge in [0.2, 0.25) is 0 Å². The first-order valence-corrected chi connectivity index (χ1v) is 13.3.